The molecule has 0 N–H and O–H groups in total. The first-order valence-electron chi connectivity index (χ1n) is 7.07. The van der Waals surface area contributed by atoms with E-state index >= 15 is 0 Å². The molecule has 2 aliphatic rings. The van der Waals surface area contributed by atoms with E-state index in [2.05, 4.69) is 0 Å². The quantitative estimate of drug-likeness (QED) is 0.612. The van der Waals surface area contributed by atoms with Crippen molar-refractivity contribution >= 4 is 17.2 Å². The highest BCUT2D eigenvalue weighted by Crippen LogP contribution is 2.29. The number of carbonyl (C=O) groups excluding carboxylic acids is 1. The van der Waals surface area contributed by atoms with E-state index in [1.54, 1.807) is 0 Å². The van der Waals surface area contributed by atoms with E-state index in [0.29, 0.717) is 6.47 Å². The second-order valence-electron chi connectivity index (χ2n) is 5.48. The summed E-state index contributed by atoms with van der Waals surface area (Å²) in [6, 6.07) is 0. The van der Waals surface area contributed by atoms with Gasteiger partial charge in [-0.15, -0.1) is 0 Å². The summed E-state index contributed by atoms with van der Waals surface area (Å²) in [5, 5.41) is -0.147. The lowest BCUT2D eigenvalue weighted by Crippen LogP contribution is -2.32. The fourth-order valence-corrected chi connectivity index (χ4v) is 3.77. The van der Waals surface area contributed by atoms with Crippen molar-refractivity contribution < 1.29 is 22.7 Å². The highest BCUT2D eigenvalue weighted by molar-refractivity contribution is 7.73. The van der Waals surface area contributed by atoms with Gasteiger partial charge in [0.25, 0.3) is 6.47 Å². The molecule has 110 valence electrons. The van der Waals surface area contributed by atoms with Gasteiger partial charge < -0.3 is 9.47 Å². The van der Waals surface area contributed by atoms with Gasteiger partial charge in [0.1, 0.15) is 16.8 Å². The number of hydrogen-bond acceptors (Lipinski definition) is 5. The van der Waals surface area contributed by atoms with Crippen LogP contribution in [-0.2, 0) is 25.0 Å². The molecule has 0 amide bonds. The molecule has 6 heteroatoms. The van der Waals surface area contributed by atoms with Crippen LogP contribution in [-0.4, -0.2) is 38.5 Å². The summed E-state index contributed by atoms with van der Waals surface area (Å²) in [7, 11) is -2.27. The van der Waals surface area contributed by atoms with Crippen LogP contribution in [0.3, 0.4) is 0 Å². The van der Waals surface area contributed by atoms with Crippen LogP contribution in [0.2, 0.25) is 0 Å². The van der Waals surface area contributed by atoms with Crippen LogP contribution >= 0.6 is 0 Å². The maximum absolute atomic E-state index is 10.9. The normalized spacial score (nSPS) is 36.1. The first-order chi connectivity index (χ1) is 9.19. The first-order valence-corrected chi connectivity index (χ1v) is 8.31. The highest BCUT2D eigenvalue weighted by atomic mass is 32.2. The zero-order valence-electron chi connectivity index (χ0n) is 11.0. The molecule has 19 heavy (non-hydrogen) atoms. The number of ether oxygens (including phenoxy) is 2. The Hall–Kier alpha value is -0.620. The Balaban J connectivity index is 1.68. The molecule has 2 saturated carbocycles. The van der Waals surface area contributed by atoms with Crippen LogP contribution in [0.25, 0.3) is 0 Å². The summed E-state index contributed by atoms with van der Waals surface area (Å²) in [6.07, 6.45) is 7.24. The summed E-state index contributed by atoms with van der Waals surface area (Å²) < 4.78 is 32.8. The molecule has 0 spiro atoms. The van der Waals surface area contributed by atoms with Gasteiger partial charge >= 0.3 is 0 Å². The number of carbonyl (C=O) groups is 1. The molecule has 2 fully saturated rings. The van der Waals surface area contributed by atoms with Crippen LogP contribution in [0.1, 0.15) is 51.4 Å². The van der Waals surface area contributed by atoms with Crippen molar-refractivity contribution in [1.82, 2.24) is 0 Å². The third kappa shape index (κ3) is 4.45. The van der Waals surface area contributed by atoms with Crippen LogP contribution in [0.5, 0.6) is 0 Å². The molecule has 0 saturated heterocycles. The fourth-order valence-electron chi connectivity index (χ4n) is 3.05. The van der Waals surface area contributed by atoms with Gasteiger partial charge in [-0.2, -0.15) is 0 Å². The lowest BCUT2D eigenvalue weighted by Gasteiger charge is -2.33. The highest BCUT2D eigenvalue weighted by Gasteiger charge is 2.28. The summed E-state index contributed by atoms with van der Waals surface area (Å²) in [5.41, 5.74) is 0. The minimum absolute atomic E-state index is 0.0533. The molecule has 0 unspecified atom stereocenters. The minimum atomic E-state index is -2.27. The molecule has 0 bridgehead atoms. The van der Waals surface area contributed by atoms with Gasteiger partial charge in [-0.05, 0) is 51.4 Å². The molecule has 2 aliphatic carbocycles. The lowest BCUT2D eigenvalue weighted by atomic mass is 9.93. The molecule has 0 aromatic rings. The van der Waals surface area contributed by atoms with Crippen molar-refractivity contribution in [3.63, 3.8) is 0 Å². The third-order valence-electron chi connectivity index (χ3n) is 4.20. The van der Waals surface area contributed by atoms with E-state index in [-0.39, 0.29) is 23.6 Å². The smallest absolute Gasteiger partial charge is 0.293 e. The summed E-state index contributed by atoms with van der Waals surface area (Å²) >= 11 is 0. The van der Waals surface area contributed by atoms with Crippen molar-refractivity contribution in [1.29, 1.82) is 0 Å². The average Bonchev–Trinajstić information content (AvgIpc) is 2.42. The lowest BCUT2D eigenvalue weighted by molar-refractivity contribution is -0.137. The topological polar surface area (TPSA) is 69.7 Å². The zero-order chi connectivity index (χ0) is 13.7. The summed E-state index contributed by atoms with van der Waals surface area (Å²) in [5.74, 6) is 0. The Morgan fingerprint density at radius 2 is 1.26 bits per heavy atom. The van der Waals surface area contributed by atoms with E-state index in [0.717, 1.165) is 51.4 Å². The maximum atomic E-state index is 10.9. The van der Waals surface area contributed by atoms with E-state index in [1.807, 2.05) is 0 Å². The number of rotatable bonds is 5. The molecule has 0 aromatic heterocycles. The van der Waals surface area contributed by atoms with Gasteiger partial charge in [-0.25, -0.2) is 8.42 Å². The largest absolute Gasteiger partial charge is 0.465 e. The maximum Gasteiger partial charge on any atom is 0.293 e. The Morgan fingerprint density at radius 3 is 1.74 bits per heavy atom. The third-order valence-corrected chi connectivity index (χ3v) is 5.31. The van der Waals surface area contributed by atoms with Gasteiger partial charge in [0, 0.05) is 0 Å². The molecule has 0 radical (unpaired) electrons. The van der Waals surface area contributed by atoms with Gasteiger partial charge in [-0.1, -0.05) is 0 Å². The first kappa shape index (κ1) is 14.8. The second kappa shape index (κ2) is 7.24. The Labute approximate surface area is 115 Å². The molecular weight excluding hydrogens is 268 g/mol. The monoisotopic (exact) mass is 290 g/mol. The van der Waals surface area contributed by atoms with Gasteiger partial charge in [-0.3, -0.25) is 4.79 Å². The molecule has 0 heterocycles. The van der Waals surface area contributed by atoms with Crippen molar-refractivity contribution in [3.8, 4) is 0 Å². The molecule has 2 rings (SSSR count). The molecular formula is C13H22O5S. The van der Waals surface area contributed by atoms with Crippen molar-refractivity contribution in [2.45, 2.75) is 74.9 Å². The predicted octanol–water partition coefficient (Wildman–Crippen LogP) is 1.41. The SMILES string of the molecule is O=COC1CCC(OC2CCC([SH](=O)=O)CC2)CC1. The van der Waals surface area contributed by atoms with Crippen LogP contribution in [0, 0.1) is 0 Å². The van der Waals surface area contributed by atoms with E-state index in [4.69, 9.17) is 9.47 Å². The minimum Gasteiger partial charge on any atom is -0.465 e. The molecule has 0 aromatic carbocycles. The molecule has 0 aliphatic heterocycles. The van der Waals surface area contributed by atoms with Crippen LogP contribution in [0.4, 0.5) is 0 Å². The van der Waals surface area contributed by atoms with Crippen molar-refractivity contribution in [2.75, 3.05) is 0 Å². The van der Waals surface area contributed by atoms with E-state index in [1.165, 1.54) is 0 Å². The summed E-state index contributed by atoms with van der Waals surface area (Å²) in [6.45, 7) is 0.525. The number of hydrogen-bond donors (Lipinski definition) is 1. The van der Waals surface area contributed by atoms with Crippen LogP contribution < -0.4 is 0 Å². The van der Waals surface area contributed by atoms with Crippen LogP contribution in [0.15, 0.2) is 0 Å². The Kier molecular flexibility index (Phi) is 5.63. The summed E-state index contributed by atoms with van der Waals surface area (Å²) in [4.78, 5) is 10.3. The van der Waals surface area contributed by atoms with Crippen molar-refractivity contribution in [3.05, 3.63) is 0 Å². The zero-order valence-corrected chi connectivity index (χ0v) is 11.9. The standard InChI is InChI=1S/C13H22O5S/c14-9-17-10-1-3-11(4-2-10)18-12-5-7-13(8-6-12)19(15)16/h9-13,19H,1-8H2. The number of thiol groups is 1. The fraction of sp³-hybridized carbons (Fsp3) is 0.923. The average molecular weight is 290 g/mol. The van der Waals surface area contributed by atoms with Gasteiger partial charge in [0.2, 0.25) is 0 Å². The van der Waals surface area contributed by atoms with Gasteiger partial charge in [0.15, 0.2) is 0 Å². The molecule has 5 nitrogen and oxygen atoms in total. The van der Waals surface area contributed by atoms with Gasteiger partial charge in [0.05, 0.1) is 17.5 Å². The van der Waals surface area contributed by atoms with E-state index in [9.17, 15) is 13.2 Å². The Morgan fingerprint density at radius 1 is 0.789 bits per heavy atom. The van der Waals surface area contributed by atoms with E-state index < -0.39 is 10.7 Å². The predicted molar refractivity (Wildman–Crippen MR) is 70.6 cm³/mol. The van der Waals surface area contributed by atoms with Crippen molar-refractivity contribution in [2.24, 2.45) is 0 Å². The second-order valence-corrected chi connectivity index (χ2v) is 6.78. The molecule has 0 atom stereocenters. The Bertz CT molecular complexity index is 344.